The molecular formula is C13H14ClNO. The van der Waals surface area contributed by atoms with Crippen LogP contribution in [0.1, 0.15) is 42.3 Å². The van der Waals surface area contributed by atoms with Gasteiger partial charge in [0.2, 0.25) is 0 Å². The molecule has 0 saturated carbocycles. The highest BCUT2D eigenvalue weighted by Gasteiger charge is 2.24. The molecule has 0 saturated heterocycles. The van der Waals surface area contributed by atoms with Gasteiger partial charge in [0.15, 0.2) is 5.78 Å². The molecule has 0 spiro atoms. The molecule has 0 aromatic heterocycles. The van der Waals surface area contributed by atoms with Crippen molar-refractivity contribution in [3.63, 3.8) is 0 Å². The minimum atomic E-state index is -0.365. The van der Waals surface area contributed by atoms with Crippen molar-refractivity contribution in [3.8, 4) is 0 Å². The first kappa shape index (κ1) is 11.3. The highest BCUT2D eigenvalue weighted by molar-refractivity contribution is 6.70. The Morgan fingerprint density at radius 1 is 1.38 bits per heavy atom. The molecule has 3 heteroatoms. The van der Waals surface area contributed by atoms with Crippen molar-refractivity contribution in [2.24, 2.45) is 10.4 Å². The van der Waals surface area contributed by atoms with Gasteiger partial charge in [-0.15, -0.1) is 0 Å². The molecule has 0 aliphatic carbocycles. The van der Waals surface area contributed by atoms with Gasteiger partial charge in [0, 0.05) is 16.5 Å². The number of carbonyl (C=O) groups excluding carboxylic acids is 1. The maximum atomic E-state index is 12.1. The second kappa shape index (κ2) is 3.70. The molecule has 1 aliphatic heterocycles. The summed E-state index contributed by atoms with van der Waals surface area (Å²) >= 11 is 5.97. The molecule has 0 N–H and O–H groups in total. The van der Waals surface area contributed by atoms with Crippen LogP contribution in [0.2, 0.25) is 0 Å². The molecule has 1 heterocycles. The lowest BCUT2D eigenvalue weighted by Crippen LogP contribution is -2.20. The summed E-state index contributed by atoms with van der Waals surface area (Å²) in [6.07, 6.45) is 0. The first-order valence-corrected chi connectivity index (χ1v) is 5.65. The van der Waals surface area contributed by atoms with E-state index in [9.17, 15) is 4.79 Å². The Hall–Kier alpha value is -1.15. The smallest absolute Gasteiger partial charge is 0.168 e. The van der Waals surface area contributed by atoms with Crippen LogP contribution >= 0.6 is 11.6 Å². The van der Waals surface area contributed by atoms with Gasteiger partial charge in [-0.05, 0) is 11.6 Å². The van der Waals surface area contributed by atoms with Crippen LogP contribution in [-0.4, -0.2) is 11.0 Å². The number of hydrogen-bond donors (Lipinski definition) is 0. The van der Waals surface area contributed by atoms with Crippen molar-refractivity contribution >= 4 is 22.6 Å². The van der Waals surface area contributed by atoms with Gasteiger partial charge in [0.25, 0.3) is 0 Å². The second-order valence-electron chi connectivity index (χ2n) is 5.06. The van der Waals surface area contributed by atoms with Gasteiger partial charge in [-0.25, -0.2) is 0 Å². The number of fused-ring (bicyclic) bond motifs is 1. The molecule has 16 heavy (non-hydrogen) atoms. The molecular weight excluding hydrogens is 222 g/mol. The SMILES string of the molecule is CC(C)(C)C(=O)c1ccc2c(c1)C(Cl)=NC2. The van der Waals surface area contributed by atoms with E-state index < -0.39 is 0 Å². The molecule has 1 aliphatic rings. The van der Waals surface area contributed by atoms with Crippen molar-refractivity contribution in [2.45, 2.75) is 27.3 Å². The van der Waals surface area contributed by atoms with E-state index in [4.69, 9.17) is 11.6 Å². The molecule has 1 aromatic rings. The fourth-order valence-corrected chi connectivity index (χ4v) is 1.96. The fourth-order valence-electron chi connectivity index (χ4n) is 1.72. The van der Waals surface area contributed by atoms with E-state index in [0.29, 0.717) is 17.3 Å². The molecule has 84 valence electrons. The zero-order valence-electron chi connectivity index (χ0n) is 9.67. The third kappa shape index (κ3) is 1.90. The first-order valence-electron chi connectivity index (χ1n) is 5.27. The summed E-state index contributed by atoms with van der Waals surface area (Å²) in [5.41, 5.74) is 2.34. The van der Waals surface area contributed by atoms with Crippen molar-refractivity contribution in [1.29, 1.82) is 0 Å². The highest BCUT2D eigenvalue weighted by Crippen LogP contribution is 2.26. The predicted molar refractivity (Wildman–Crippen MR) is 66.3 cm³/mol. The second-order valence-corrected chi connectivity index (χ2v) is 5.42. The van der Waals surface area contributed by atoms with Gasteiger partial charge in [0.1, 0.15) is 5.17 Å². The zero-order valence-corrected chi connectivity index (χ0v) is 10.4. The van der Waals surface area contributed by atoms with Crippen LogP contribution in [0, 0.1) is 5.41 Å². The Morgan fingerprint density at radius 3 is 2.69 bits per heavy atom. The molecule has 2 rings (SSSR count). The van der Waals surface area contributed by atoms with Gasteiger partial charge >= 0.3 is 0 Å². The monoisotopic (exact) mass is 235 g/mol. The van der Waals surface area contributed by atoms with Crippen LogP contribution in [0.4, 0.5) is 0 Å². The Bertz CT molecular complexity index is 483. The van der Waals surface area contributed by atoms with Gasteiger partial charge in [-0.1, -0.05) is 44.5 Å². The van der Waals surface area contributed by atoms with Gasteiger partial charge in [-0.2, -0.15) is 0 Å². The summed E-state index contributed by atoms with van der Waals surface area (Å²) in [5, 5.41) is 0.513. The number of benzene rings is 1. The molecule has 0 unspecified atom stereocenters. The number of ketones is 1. The van der Waals surface area contributed by atoms with E-state index in [1.165, 1.54) is 0 Å². The number of nitrogens with zero attached hydrogens (tertiary/aromatic N) is 1. The van der Waals surface area contributed by atoms with Crippen LogP contribution in [0.3, 0.4) is 0 Å². The average molecular weight is 236 g/mol. The summed E-state index contributed by atoms with van der Waals surface area (Å²) < 4.78 is 0. The minimum absolute atomic E-state index is 0.131. The van der Waals surface area contributed by atoms with Crippen LogP contribution in [-0.2, 0) is 6.54 Å². The van der Waals surface area contributed by atoms with Gasteiger partial charge in [0.05, 0.1) is 6.54 Å². The molecule has 0 atom stereocenters. The average Bonchev–Trinajstić information content (AvgIpc) is 2.58. The normalized spacial score (nSPS) is 14.6. The molecule has 0 bridgehead atoms. The van der Waals surface area contributed by atoms with Gasteiger partial charge < -0.3 is 0 Å². The Labute approximate surface area is 100 Å². The van der Waals surface area contributed by atoms with Crippen molar-refractivity contribution < 1.29 is 4.79 Å². The lowest BCUT2D eigenvalue weighted by Gasteiger charge is -2.17. The van der Waals surface area contributed by atoms with E-state index in [-0.39, 0.29) is 11.2 Å². The summed E-state index contributed by atoms with van der Waals surface area (Å²) in [6, 6.07) is 5.65. The van der Waals surface area contributed by atoms with Gasteiger partial charge in [-0.3, -0.25) is 9.79 Å². The maximum Gasteiger partial charge on any atom is 0.168 e. The first-order chi connectivity index (χ1) is 7.39. The van der Waals surface area contributed by atoms with E-state index >= 15 is 0 Å². The van der Waals surface area contributed by atoms with Crippen molar-refractivity contribution in [2.75, 3.05) is 0 Å². The quantitative estimate of drug-likeness (QED) is 0.686. The van der Waals surface area contributed by atoms with Crippen molar-refractivity contribution in [3.05, 3.63) is 34.9 Å². The topological polar surface area (TPSA) is 29.4 Å². The third-order valence-corrected chi connectivity index (χ3v) is 2.99. The Balaban J connectivity index is 2.43. The van der Waals surface area contributed by atoms with Crippen molar-refractivity contribution in [1.82, 2.24) is 0 Å². The standard InChI is InChI=1S/C13H14ClNO/c1-13(2,3)11(16)8-4-5-9-7-15-12(14)10(9)6-8/h4-6H,7H2,1-3H3. The maximum absolute atomic E-state index is 12.1. The number of hydrogen-bond acceptors (Lipinski definition) is 2. The summed E-state index contributed by atoms with van der Waals surface area (Å²) in [5.74, 6) is 0.131. The lowest BCUT2D eigenvalue weighted by molar-refractivity contribution is 0.0858. The van der Waals surface area contributed by atoms with Crippen LogP contribution in [0.5, 0.6) is 0 Å². The summed E-state index contributed by atoms with van der Waals surface area (Å²) in [4.78, 5) is 16.2. The molecule has 0 fully saturated rings. The molecule has 0 amide bonds. The number of Topliss-reactive ketones (excluding diaryl/α,β-unsaturated/α-hetero) is 1. The third-order valence-electron chi connectivity index (χ3n) is 2.66. The summed E-state index contributed by atoms with van der Waals surface area (Å²) in [7, 11) is 0. The number of carbonyl (C=O) groups is 1. The number of aliphatic imine (C=N–C) groups is 1. The van der Waals surface area contributed by atoms with Crippen LogP contribution in [0.15, 0.2) is 23.2 Å². The molecule has 2 nitrogen and oxygen atoms in total. The van der Waals surface area contributed by atoms with E-state index in [0.717, 1.165) is 11.1 Å². The van der Waals surface area contributed by atoms with Crippen LogP contribution < -0.4 is 0 Å². The predicted octanol–water partition coefficient (Wildman–Crippen LogP) is 3.41. The Kier molecular flexibility index (Phi) is 2.62. The van der Waals surface area contributed by atoms with Crippen LogP contribution in [0.25, 0.3) is 0 Å². The molecule has 1 aromatic carbocycles. The van der Waals surface area contributed by atoms with E-state index in [2.05, 4.69) is 4.99 Å². The summed E-state index contributed by atoms with van der Waals surface area (Å²) in [6.45, 7) is 6.37. The minimum Gasteiger partial charge on any atom is -0.294 e. The van der Waals surface area contributed by atoms with E-state index in [1.807, 2.05) is 39.0 Å². The lowest BCUT2D eigenvalue weighted by atomic mass is 9.86. The fraction of sp³-hybridized carbons (Fsp3) is 0.385. The highest BCUT2D eigenvalue weighted by atomic mass is 35.5. The largest absolute Gasteiger partial charge is 0.294 e. The number of halogens is 1. The Morgan fingerprint density at radius 2 is 2.06 bits per heavy atom. The van der Waals surface area contributed by atoms with E-state index in [1.54, 1.807) is 0 Å². The zero-order chi connectivity index (χ0) is 11.9. The molecule has 0 radical (unpaired) electrons. The number of rotatable bonds is 1.